The minimum Gasteiger partial charge on any atom is -0.491 e. The Morgan fingerprint density at radius 2 is 2.00 bits per heavy atom. The van der Waals surface area contributed by atoms with Crippen molar-refractivity contribution in [3.63, 3.8) is 0 Å². The van der Waals surface area contributed by atoms with Gasteiger partial charge in [-0.25, -0.2) is 4.98 Å². The van der Waals surface area contributed by atoms with Crippen LogP contribution in [0, 0.1) is 0 Å². The smallest absolute Gasteiger partial charge is 0.127 e. The van der Waals surface area contributed by atoms with Gasteiger partial charge >= 0.3 is 0 Å². The average Bonchev–Trinajstić information content (AvgIpc) is 2.47. The standard InChI is InChI=1S/C14H14ClNO3S/c15-11-4-6-13(7-5-11)19-9-12(17)10-20(18)14-3-1-2-8-16-14/h1-8,12,17H,9-10H2/t12-,20-/m0/s1. The molecule has 0 fully saturated rings. The van der Waals surface area contributed by atoms with Crippen LogP contribution in [0.1, 0.15) is 0 Å². The molecule has 1 heterocycles. The van der Waals surface area contributed by atoms with Crippen LogP contribution < -0.4 is 4.74 Å². The molecule has 4 nitrogen and oxygen atoms in total. The van der Waals surface area contributed by atoms with E-state index < -0.39 is 16.9 Å². The summed E-state index contributed by atoms with van der Waals surface area (Å²) >= 11 is 5.76. The normalized spacial score (nSPS) is 13.7. The lowest BCUT2D eigenvalue weighted by atomic mass is 10.3. The highest BCUT2D eigenvalue weighted by Gasteiger charge is 2.13. The van der Waals surface area contributed by atoms with Gasteiger partial charge in [-0.05, 0) is 36.4 Å². The number of halogens is 1. The van der Waals surface area contributed by atoms with Crippen molar-refractivity contribution in [1.82, 2.24) is 4.98 Å². The van der Waals surface area contributed by atoms with Gasteiger partial charge in [-0.2, -0.15) is 0 Å². The fourth-order valence-electron chi connectivity index (χ4n) is 1.51. The molecule has 0 aliphatic heterocycles. The van der Waals surface area contributed by atoms with Crippen molar-refractivity contribution in [1.29, 1.82) is 0 Å². The highest BCUT2D eigenvalue weighted by Crippen LogP contribution is 2.15. The Bertz CT molecular complexity index is 562. The predicted molar refractivity (Wildman–Crippen MR) is 78.5 cm³/mol. The molecule has 0 saturated heterocycles. The first-order valence-corrected chi connectivity index (χ1v) is 7.70. The molecule has 106 valence electrons. The molecule has 0 unspecified atom stereocenters. The van der Waals surface area contributed by atoms with Crippen molar-refractivity contribution >= 4 is 22.4 Å². The van der Waals surface area contributed by atoms with Gasteiger partial charge in [0.1, 0.15) is 17.4 Å². The minimum absolute atomic E-state index is 0.0696. The Morgan fingerprint density at radius 3 is 2.65 bits per heavy atom. The summed E-state index contributed by atoms with van der Waals surface area (Å²) < 4.78 is 17.3. The van der Waals surface area contributed by atoms with E-state index in [-0.39, 0.29) is 12.4 Å². The van der Waals surface area contributed by atoms with Crippen LogP contribution in [0.5, 0.6) is 5.75 Å². The molecule has 2 aromatic rings. The topological polar surface area (TPSA) is 59.4 Å². The number of aromatic nitrogens is 1. The molecular formula is C14H14ClNO3S. The second-order valence-corrected chi connectivity index (χ2v) is 5.98. The Hall–Kier alpha value is -1.43. The zero-order valence-corrected chi connectivity index (χ0v) is 12.2. The molecule has 0 saturated carbocycles. The third-order valence-electron chi connectivity index (χ3n) is 2.47. The predicted octanol–water partition coefficient (Wildman–Crippen LogP) is 2.28. The minimum atomic E-state index is -1.34. The van der Waals surface area contributed by atoms with Crippen molar-refractivity contribution in [3.05, 3.63) is 53.7 Å². The van der Waals surface area contributed by atoms with Crippen LogP contribution in [0.3, 0.4) is 0 Å². The molecular weight excluding hydrogens is 298 g/mol. The van der Waals surface area contributed by atoms with Crippen molar-refractivity contribution in [2.24, 2.45) is 0 Å². The van der Waals surface area contributed by atoms with Gasteiger partial charge in [-0.15, -0.1) is 0 Å². The van der Waals surface area contributed by atoms with Crippen LogP contribution in [-0.4, -0.2) is 32.8 Å². The summed E-state index contributed by atoms with van der Waals surface area (Å²) in [4.78, 5) is 3.99. The summed E-state index contributed by atoms with van der Waals surface area (Å²) in [5.74, 6) is 0.696. The van der Waals surface area contributed by atoms with Crippen LogP contribution in [0.25, 0.3) is 0 Å². The van der Waals surface area contributed by atoms with Gasteiger partial charge in [0.15, 0.2) is 0 Å². The summed E-state index contributed by atoms with van der Waals surface area (Å²) in [5, 5.41) is 10.9. The Kier molecular flexibility index (Phi) is 5.52. The fraction of sp³-hybridized carbons (Fsp3) is 0.214. The number of nitrogens with zero attached hydrogens (tertiary/aromatic N) is 1. The molecule has 1 aromatic carbocycles. The van der Waals surface area contributed by atoms with Crippen LogP contribution in [-0.2, 0) is 10.8 Å². The van der Waals surface area contributed by atoms with E-state index >= 15 is 0 Å². The lowest BCUT2D eigenvalue weighted by molar-refractivity contribution is 0.125. The zero-order chi connectivity index (χ0) is 14.4. The molecule has 0 aliphatic rings. The van der Waals surface area contributed by atoms with Gasteiger partial charge < -0.3 is 9.84 Å². The Morgan fingerprint density at radius 1 is 1.25 bits per heavy atom. The maximum absolute atomic E-state index is 11.9. The lowest BCUT2D eigenvalue weighted by Gasteiger charge is -2.12. The van der Waals surface area contributed by atoms with E-state index in [0.717, 1.165) is 0 Å². The molecule has 0 bridgehead atoms. The van der Waals surface area contributed by atoms with E-state index in [0.29, 0.717) is 15.8 Å². The number of benzene rings is 1. The first-order chi connectivity index (χ1) is 9.65. The number of rotatable bonds is 6. The highest BCUT2D eigenvalue weighted by molar-refractivity contribution is 7.85. The van der Waals surface area contributed by atoms with E-state index in [2.05, 4.69) is 4.98 Å². The monoisotopic (exact) mass is 311 g/mol. The molecule has 0 amide bonds. The van der Waals surface area contributed by atoms with E-state index in [9.17, 15) is 9.32 Å². The Labute approximate surface area is 124 Å². The third kappa shape index (κ3) is 4.59. The highest BCUT2D eigenvalue weighted by atomic mass is 35.5. The molecule has 1 aromatic heterocycles. The first-order valence-electron chi connectivity index (χ1n) is 6.01. The maximum atomic E-state index is 11.9. The van der Waals surface area contributed by atoms with Gasteiger partial charge in [0.25, 0.3) is 0 Å². The SMILES string of the molecule is O=[S@@](C[C@@H](O)COc1ccc(Cl)cc1)c1ccccn1. The molecule has 1 N–H and O–H groups in total. The van der Waals surface area contributed by atoms with Gasteiger partial charge in [0.2, 0.25) is 0 Å². The van der Waals surface area contributed by atoms with Gasteiger partial charge in [-0.1, -0.05) is 17.7 Å². The number of hydrogen-bond acceptors (Lipinski definition) is 4. The summed E-state index contributed by atoms with van der Waals surface area (Å²) in [6.45, 7) is 0.0696. The zero-order valence-electron chi connectivity index (χ0n) is 10.6. The number of aliphatic hydroxyl groups excluding tert-OH is 1. The molecule has 2 rings (SSSR count). The molecule has 0 spiro atoms. The van der Waals surface area contributed by atoms with Gasteiger partial charge in [-0.3, -0.25) is 4.21 Å². The second-order valence-electron chi connectivity index (χ2n) is 4.10. The number of aliphatic hydroxyl groups is 1. The van der Waals surface area contributed by atoms with E-state index in [1.165, 1.54) is 0 Å². The summed E-state index contributed by atoms with van der Waals surface area (Å²) in [7, 11) is -1.34. The maximum Gasteiger partial charge on any atom is 0.127 e. The lowest BCUT2D eigenvalue weighted by Crippen LogP contribution is -2.24. The van der Waals surface area contributed by atoms with Crippen LogP contribution >= 0.6 is 11.6 Å². The number of ether oxygens (including phenoxy) is 1. The molecule has 20 heavy (non-hydrogen) atoms. The van der Waals surface area contributed by atoms with Crippen molar-refractivity contribution < 1.29 is 14.1 Å². The van der Waals surface area contributed by atoms with E-state index in [1.807, 2.05) is 0 Å². The quantitative estimate of drug-likeness (QED) is 0.889. The number of hydrogen-bond donors (Lipinski definition) is 1. The molecule has 0 aliphatic carbocycles. The number of pyridine rings is 1. The molecule has 6 heteroatoms. The van der Waals surface area contributed by atoms with E-state index in [1.54, 1.807) is 48.7 Å². The Balaban J connectivity index is 1.82. The van der Waals surface area contributed by atoms with Crippen molar-refractivity contribution in [3.8, 4) is 5.75 Å². The molecule has 2 atom stereocenters. The van der Waals surface area contributed by atoms with Gasteiger partial charge in [0.05, 0.1) is 22.7 Å². The largest absolute Gasteiger partial charge is 0.491 e. The van der Waals surface area contributed by atoms with Crippen molar-refractivity contribution in [2.45, 2.75) is 11.1 Å². The van der Waals surface area contributed by atoms with Crippen LogP contribution in [0.4, 0.5) is 0 Å². The fourth-order valence-corrected chi connectivity index (χ4v) is 2.66. The summed E-state index contributed by atoms with van der Waals surface area (Å²) in [6.07, 6.45) is 0.748. The summed E-state index contributed by atoms with van der Waals surface area (Å²) in [6, 6.07) is 12.0. The van der Waals surface area contributed by atoms with Crippen LogP contribution in [0.15, 0.2) is 53.7 Å². The molecule has 0 radical (unpaired) electrons. The summed E-state index contributed by atoms with van der Waals surface area (Å²) in [5.41, 5.74) is 0. The van der Waals surface area contributed by atoms with Gasteiger partial charge in [0, 0.05) is 11.2 Å². The van der Waals surface area contributed by atoms with Crippen LogP contribution in [0.2, 0.25) is 5.02 Å². The average molecular weight is 312 g/mol. The first kappa shape index (κ1) is 15.0. The third-order valence-corrected chi connectivity index (χ3v) is 4.12. The van der Waals surface area contributed by atoms with E-state index in [4.69, 9.17) is 16.3 Å². The second kappa shape index (κ2) is 7.38. The van der Waals surface area contributed by atoms with Crippen molar-refractivity contribution in [2.75, 3.05) is 12.4 Å².